The van der Waals surface area contributed by atoms with Crippen molar-refractivity contribution in [2.24, 2.45) is 0 Å². The van der Waals surface area contributed by atoms with E-state index in [1.807, 2.05) is 6.92 Å². The van der Waals surface area contributed by atoms with Crippen molar-refractivity contribution in [3.63, 3.8) is 0 Å². The summed E-state index contributed by atoms with van der Waals surface area (Å²) in [5.74, 6) is 0.332. The number of nitrogens with zero attached hydrogens (tertiary/aromatic N) is 2. The smallest absolute Gasteiger partial charge is 0.247 e. The summed E-state index contributed by atoms with van der Waals surface area (Å²) in [5, 5.41) is 12.3. The molecule has 1 saturated heterocycles. The molecule has 112 valence electrons. The van der Waals surface area contributed by atoms with E-state index >= 15 is 0 Å². The Bertz CT molecular complexity index is 549. The van der Waals surface area contributed by atoms with Crippen molar-refractivity contribution in [1.29, 1.82) is 0 Å². The van der Waals surface area contributed by atoms with E-state index in [1.165, 1.54) is 10.4 Å². The average molecular weight is 301 g/mol. The van der Waals surface area contributed by atoms with Gasteiger partial charge in [-0.25, -0.2) is 13.4 Å². The topological polar surface area (TPSA) is 91.8 Å². The largest absolute Gasteiger partial charge is 0.395 e. The van der Waals surface area contributed by atoms with E-state index in [4.69, 9.17) is 4.74 Å². The molecule has 0 amide bonds. The summed E-state index contributed by atoms with van der Waals surface area (Å²) in [4.78, 5) is 4.20. The molecule has 2 heterocycles. The van der Waals surface area contributed by atoms with E-state index in [1.54, 1.807) is 12.3 Å². The summed E-state index contributed by atoms with van der Waals surface area (Å²) in [5.41, 5.74) is 0. The van der Waals surface area contributed by atoms with E-state index in [-0.39, 0.29) is 24.7 Å². The number of aromatic nitrogens is 1. The van der Waals surface area contributed by atoms with Gasteiger partial charge in [0.1, 0.15) is 10.7 Å². The quantitative estimate of drug-likeness (QED) is 0.789. The molecule has 0 saturated carbocycles. The number of ether oxygens (including phenoxy) is 1. The van der Waals surface area contributed by atoms with Gasteiger partial charge < -0.3 is 15.2 Å². The monoisotopic (exact) mass is 301 g/mol. The molecule has 1 aliphatic rings. The van der Waals surface area contributed by atoms with E-state index in [0.29, 0.717) is 19.0 Å². The molecule has 0 radical (unpaired) electrons. The second-order valence-corrected chi connectivity index (χ2v) is 6.27. The fourth-order valence-corrected chi connectivity index (χ4v) is 3.83. The van der Waals surface area contributed by atoms with Gasteiger partial charge >= 0.3 is 0 Å². The zero-order chi connectivity index (χ0) is 14.6. The number of pyridine rings is 1. The van der Waals surface area contributed by atoms with Crippen LogP contribution in [0.4, 0.5) is 5.82 Å². The van der Waals surface area contributed by atoms with Crippen molar-refractivity contribution >= 4 is 15.8 Å². The van der Waals surface area contributed by atoms with Gasteiger partial charge in [-0.05, 0) is 19.1 Å². The standard InChI is InChI=1S/C12H19N3O4S/c1-2-13-12-11(4-3-5-14-12)20(17,18)15-6-7-19-9-10(15)8-16/h3-5,10,16H,2,6-9H2,1H3,(H,13,14). The molecule has 7 nitrogen and oxygen atoms in total. The summed E-state index contributed by atoms with van der Waals surface area (Å²) in [6.07, 6.45) is 1.54. The predicted octanol–water partition coefficient (Wildman–Crippen LogP) is -0.105. The van der Waals surface area contributed by atoms with Crippen LogP contribution in [0, 0.1) is 0 Å². The SMILES string of the molecule is CCNc1ncccc1S(=O)(=O)N1CCOCC1CO. The number of aliphatic hydroxyl groups is 1. The van der Waals surface area contributed by atoms with Gasteiger partial charge in [0.15, 0.2) is 0 Å². The lowest BCUT2D eigenvalue weighted by atomic mass is 10.3. The minimum absolute atomic E-state index is 0.127. The average Bonchev–Trinajstić information content (AvgIpc) is 2.48. The number of anilines is 1. The first-order chi connectivity index (χ1) is 9.61. The van der Waals surface area contributed by atoms with Gasteiger partial charge in [0.2, 0.25) is 10.0 Å². The molecule has 0 bridgehead atoms. The third-order valence-corrected chi connectivity index (χ3v) is 5.07. The van der Waals surface area contributed by atoms with Crippen LogP contribution < -0.4 is 5.32 Å². The van der Waals surface area contributed by atoms with Crippen molar-refractivity contribution in [2.45, 2.75) is 17.9 Å². The van der Waals surface area contributed by atoms with Crippen LogP contribution in [0.3, 0.4) is 0 Å². The van der Waals surface area contributed by atoms with Gasteiger partial charge in [0, 0.05) is 19.3 Å². The summed E-state index contributed by atoms with van der Waals surface area (Å²) in [6.45, 7) is 2.94. The third kappa shape index (κ3) is 2.93. The lowest BCUT2D eigenvalue weighted by Gasteiger charge is -2.33. The second kappa shape index (κ2) is 6.49. The molecule has 0 aliphatic carbocycles. The molecule has 1 aromatic heterocycles. The molecule has 1 unspecified atom stereocenters. The normalized spacial score (nSPS) is 20.8. The predicted molar refractivity (Wildman–Crippen MR) is 74.0 cm³/mol. The van der Waals surface area contributed by atoms with Crippen LogP contribution in [0.1, 0.15) is 6.92 Å². The second-order valence-electron chi connectivity index (χ2n) is 4.41. The number of morpholine rings is 1. The number of aliphatic hydroxyl groups excluding tert-OH is 1. The summed E-state index contributed by atoms with van der Waals surface area (Å²) >= 11 is 0. The van der Waals surface area contributed by atoms with Crippen molar-refractivity contribution in [1.82, 2.24) is 9.29 Å². The Balaban J connectivity index is 2.38. The Kier molecular flexibility index (Phi) is 4.92. The van der Waals surface area contributed by atoms with Gasteiger partial charge in [0.25, 0.3) is 0 Å². The number of rotatable bonds is 5. The molecule has 0 spiro atoms. The zero-order valence-electron chi connectivity index (χ0n) is 11.3. The number of nitrogens with one attached hydrogen (secondary N) is 1. The molecule has 2 N–H and O–H groups in total. The highest BCUT2D eigenvalue weighted by Crippen LogP contribution is 2.25. The number of sulfonamides is 1. The van der Waals surface area contributed by atoms with Gasteiger partial charge in [-0.1, -0.05) is 0 Å². The van der Waals surface area contributed by atoms with Crippen LogP contribution >= 0.6 is 0 Å². The summed E-state index contributed by atoms with van der Waals surface area (Å²) in [7, 11) is -3.71. The van der Waals surface area contributed by atoms with Crippen LogP contribution in [0.15, 0.2) is 23.2 Å². The van der Waals surface area contributed by atoms with E-state index in [0.717, 1.165) is 0 Å². The molecule has 8 heteroatoms. The molecule has 2 rings (SSSR count). The Morgan fingerprint density at radius 1 is 1.60 bits per heavy atom. The van der Waals surface area contributed by atoms with Crippen LogP contribution in [-0.2, 0) is 14.8 Å². The Morgan fingerprint density at radius 3 is 3.10 bits per heavy atom. The van der Waals surface area contributed by atoms with E-state index in [9.17, 15) is 13.5 Å². The molecule has 1 atom stereocenters. The summed E-state index contributed by atoms with van der Waals surface area (Å²) in [6, 6.07) is 2.55. The number of hydrogen-bond donors (Lipinski definition) is 2. The fraction of sp³-hybridized carbons (Fsp3) is 0.583. The maximum atomic E-state index is 12.7. The first-order valence-corrected chi connectivity index (χ1v) is 7.94. The van der Waals surface area contributed by atoms with Crippen molar-refractivity contribution < 1.29 is 18.3 Å². The maximum absolute atomic E-state index is 12.7. The van der Waals surface area contributed by atoms with E-state index in [2.05, 4.69) is 10.3 Å². The first-order valence-electron chi connectivity index (χ1n) is 6.50. The highest BCUT2D eigenvalue weighted by Gasteiger charge is 2.35. The molecule has 1 fully saturated rings. The van der Waals surface area contributed by atoms with Crippen molar-refractivity contribution in [3.05, 3.63) is 18.3 Å². The molecular formula is C12H19N3O4S. The Morgan fingerprint density at radius 2 is 2.40 bits per heavy atom. The number of hydrogen-bond acceptors (Lipinski definition) is 6. The lowest BCUT2D eigenvalue weighted by Crippen LogP contribution is -2.50. The summed E-state index contributed by atoms with van der Waals surface area (Å²) < 4.78 is 32.0. The molecular weight excluding hydrogens is 282 g/mol. The lowest BCUT2D eigenvalue weighted by molar-refractivity contribution is 0.0109. The van der Waals surface area contributed by atoms with Crippen LogP contribution in [0.5, 0.6) is 0 Å². The van der Waals surface area contributed by atoms with Crippen LogP contribution in [0.2, 0.25) is 0 Å². The van der Waals surface area contributed by atoms with Gasteiger partial charge in [-0.2, -0.15) is 4.31 Å². The Labute approximate surface area is 118 Å². The highest BCUT2D eigenvalue weighted by atomic mass is 32.2. The van der Waals surface area contributed by atoms with Crippen LogP contribution in [-0.4, -0.2) is 61.8 Å². The Hall–Kier alpha value is -1.22. The zero-order valence-corrected chi connectivity index (χ0v) is 12.1. The maximum Gasteiger partial charge on any atom is 0.247 e. The minimum Gasteiger partial charge on any atom is -0.395 e. The highest BCUT2D eigenvalue weighted by molar-refractivity contribution is 7.89. The van der Waals surface area contributed by atoms with Gasteiger partial charge in [-0.15, -0.1) is 0 Å². The molecule has 1 aliphatic heterocycles. The van der Waals surface area contributed by atoms with Crippen molar-refractivity contribution in [3.8, 4) is 0 Å². The van der Waals surface area contributed by atoms with Gasteiger partial charge in [0.05, 0.1) is 25.9 Å². The third-order valence-electron chi connectivity index (χ3n) is 3.09. The minimum atomic E-state index is -3.71. The van der Waals surface area contributed by atoms with Crippen molar-refractivity contribution in [2.75, 3.05) is 38.2 Å². The van der Waals surface area contributed by atoms with Crippen LogP contribution in [0.25, 0.3) is 0 Å². The fourth-order valence-electron chi connectivity index (χ4n) is 2.13. The van der Waals surface area contributed by atoms with E-state index < -0.39 is 16.1 Å². The first kappa shape index (κ1) is 15.2. The molecule has 0 aromatic carbocycles. The molecule has 20 heavy (non-hydrogen) atoms. The molecule has 1 aromatic rings. The van der Waals surface area contributed by atoms with Gasteiger partial charge in [-0.3, -0.25) is 0 Å².